The van der Waals surface area contributed by atoms with E-state index >= 15 is 0 Å². The second kappa shape index (κ2) is 10.2. The number of fused-ring (bicyclic) bond motifs is 1. The number of aryl methyl sites for hydroxylation is 1. The maximum atomic E-state index is 12.2. The Morgan fingerprint density at radius 2 is 1.87 bits per heavy atom. The SMILES string of the molecule is COc1ccc(CCC(=O)NCCn2ncc3c(N4CCCCCC4)ncnc32)cc1. The van der Waals surface area contributed by atoms with Gasteiger partial charge in [-0.1, -0.05) is 25.0 Å². The Kier molecular flexibility index (Phi) is 6.96. The molecule has 1 amide bonds. The number of carbonyl (C=O) groups excluding carboxylic acids is 1. The fourth-order valence-corrected chi connectivity index (χ4v) is 4.02. The summed E-state index contributed by atoms with van der Waals surface area (Å²) in [6.07, 6.45) is 9.57. The van der Waals surface area contributed by atoms with Gasteiger partial charge in [-0.3, -0.25) is 4.79 Å². The largest absolute Gasteiger partial charge is 0.497 e. The van der Waals surface area contributed by atoms with Gasteiger partial charge in [0.15, 0.2) is 5.65 Å². The molecule has 1 saturated heterocycles. The molecule has 4 rings (SSSR count). The molecule has 0 bridgehead atoms. The number of carbonyl (C=O) groups is 1. The van der Waals surface area contributed by atoms with Crippen molar-refractivity contribution in [1.29, 1.82) is 0 Å². The van der Waals surface area contributed by atoms with Crippen LogP contribution in [0.3, 0.4) is 0 Å². The molecule has 1 aliphatic heterocycles. The average Bonchev–Trinajstić information content (AvgIpc) is 3.03. The topological polar surface area (TPSA) is 85.2 Å². The van der Waals surface area contributed by atoms with Crippen molar-refractivity contribution < 1.29 is 9.53 Å². The maximum absolute atomic E-state index is 12.2. The highest BCUT2D eigenvalue weighted by molar-refractivity contribution is 5.86. The minimum atomic E-state index is 0.0344. The van der Waals surface area contributed by atoms with Gasteiger partial charge in [-0.15, -0.1) is 0 Å². The summed E-state index contributed by atoms with van der Waals surface area (Å²) in [5, 5.41) is 8.47. The molecule has 2 aromatic heterocycles. The van der Waals surface area contributed by atoms with Gasteiger partial charge in [-0.25, -0.2) is 14.6 Å². The highest BCUT2D eigenvalue weighted by Crippen LogP contribution is 2.25. The van der Waals surface area contributed by atoms with E-state index < -0.39 is 0 Å². The highest BCUT2D eigenvalue weighted by Gasteiger charge is 2.17. The van der Waals surface area contributed by atoms with Gasteiger partial charge < -0.3 is 15.0 Å². The molecule has 0 saturated carbocycles. The van der Waals surface area contributed by atoms with Crippen LogP contribution in [0.25, 0.3) is 11.0 Å². The smallest absolute Gasteiger partial charge is 0.220 e. The van der Waals surface area contributed by atoms with E-state index in [0.717, 1.165) is 41.3 Å². The molecule has 3 heterocycles. The summed E-state index contributed by atoms with van der Waals surface area (Å²) >= 11 is 0. The first-order chi connectivity index (χ1) is 15.2. The number of rotatable bonds is 8. The molecule has 0 unspecified atom stereocenters. The molecule has 1 N–H and O–H groups in total. The van der Waals surface area contributed by atoms with Crippen molar-refractivity contribution in [2.24, 2.45) is 0 Å². The van der Waals surface area contributed by atoms with Gasteiger partial charge in [0.1, 0.15) is 17.9 Å². The van der Waals surface area contributed by atoms with E-state index in [4.69, 9.17) is 4.74 Å². The molecule has 0 aliphatic carbocycles. The summed E-state index contributed by atoms with van der Waals surface area (Å²) in [4.78, 5) is 23.6. The number of ether oxygens (including phenoxy) is 1. The van der Waals surface area contributed by atoms with Crippen molar-refractivity contribution in [3.8, 4) is 5.75 Å². The first-order valence-electron chi connectivity index (χ1n) is 11.1. The number of amides is 1. The van der Waals surface area contributed by atoms with Crippen LogP contribution in [-0.2, 0) is 17.8 Å². The van der Waals surface area contributed by atoms with Crippen LogP contribution in [0.1, 0.15) is 37.7 Å². The van der Waals surface area contributed by atoms with Crippen LogP contribution >= 0.6 is 0 Å². The van der Waals surface area contributed by atoms with Gasteiger partial charge in [0.2, 0.25) is 5.91 Å². The minimum absolute atomic E-state index is 0.0344. The Bertz CT molecular complexity index is 993. The predicted molar refractivity (Wildman–Crippen MR) is 120 cm³/mol. The lowest BCUT2D eigenvalue weighted by atomic mass is 10.1. The van der Waals surface area contributed by atoms with E-state index in [0.29, 0.717) is 25.9 Å². The number of hydrogen-bond acceptors (Lipinski definition) is 6. The third-order valence-electron chi connectivity index (χ3n) is 5.76. The molecule has 1 aliphatic rings. The number of anilines is 1. The van der Waals surface area contributed by atoms with Gasteiger partial charge in [0, 0.05) is 26.1 Å². The molecule has 8 nitrogen and oxygen atoms in total. The first-order valence-corrected chi connectivity index (χ1v) is 11.1. The lowest BCUT2D eigenvalue weighted by Gasteiger charge is -2.21. The molecule has 0 atom stereocenters. The average molecular weight is 423 g/mol. The molecule has 31 heavy (non-hydrogen) atoms. The zero-order valence-electron chi connectivity index (χ0n) is 18.1. The molecule has 3 aromatic rings. The van der Waals surface area contributed by atoms with Crippen LogP contribution < -0.4 is 15.0 Å². The summed E-state index contributed by atoms with van der Waals surface area (Å²) in [7, 11) is 1.65. The van der Waals surface area contributed by atoms with Crippen LogP contribution in [0, 0.1) is 0 Å². The molecule has 0 radical (unpaired) electrons. The van der Waals surface area contributed by atoms with E-state index in [-0.39, 0.29) is 5.91 Å². The zero-order chi connectivity index (χ0) is 21.5. The first kappa shape index (κ1) is 21.1. The Labute approximate surface area is 182 Å². The standard InChI is InChI=1S/C23H30N6O2/c1-31-19-9-6-18(7-10-19)8-11-21(30)24-12-15-29-23-20(16-27-29)22(25-17-26-23)28-13-4-2-3-5-14-28/h6-7,9-10,16-17H,2-5,8,11-15H2,1H3,(H,24,30). The van der Waals surface area contributed by atoms with Crippen molar-refractivity contribution in [2.45, 2.75) is 45.1 Å². The number of benzene rings is 1. The number of methoxy groups -OCH3 is 1. The lowest BCUT2D eigenvalue weighted by Crippen LogP contribution is -2.27. The minimum Gasteiger partial charge on any atom is -0.497 e. The number of hydrogen-bond donors (Lipinski definition) is 1. The zero-order valence-corrected chi connectivity index (χ0v) is 18.1. The summed E-state index contributed by atoms with van der Waals surface area (Å²) in [6, 6.07) is 7.81. The number of aromatic nitrogens is 4. The molecule has 1 aromatic carbocycles. The summed E-state index contributed by atoms with van der Waals surface area (Å²) in [5.74, 6) is 1.83. The normalized spacial score (nSPS) is 14.4. The maximum Gasteiger partial charge on any atom is 0.220 e. The van der Waals surface area contributed by atoms with Crippen LogP contribution in [0.2, 0.25) is 0 Å². The van der Waals surface area contributed by atoms with Gasteiger partial charge in [-0.2, -0.15) is 5.10 Å². The predicted octanol–water partition coefficient (Wildman–Crippen LogP) is 2.96. The Morgan fingerprint density at radius 1 is 1.10 bits per heavy atom. The fraction of sp³-hybridized carbons (Fsp3) is 0.478. The van der Waals surface area contributed by atoms with Crippen molar-refractivity contribution in [3.63, 3.8) is 0 Å². The van der Waals surface area contributed by atoms with E-state index in [1.54, 1.807) is 13.4 Å². The van der Waals surface area contributed by atoms with Gasteiger partial charge in [-0.05, 0) is 37.0 Å². The summed E-state index contributed by atoms with van der Waals surface area (Å²) < 4.78 is 7.01. The Hall–Kier alpha value is -3.16. The monoisotopic (exact) mass is 422 g/mol. The van der Waals surface area contributed by atoms with E-state index in [2.05, 4.69) is 25.3 Å². The van der Waals surface area contributed by atoms with Gasteiger partial charge in [0.05, 0.1) is 25.2 Å². The fourth-order valence-electron chi connectivity index (χ4n) is 4.02. The Balaban J connectivity index is 1.30. The quantitative estimate of drug-likeness (QED) is 0.601. The van der Waals surface area contributed by atoms with Crippen LogP contribution in [-0.4, -0.2) is 52.4 Å². The van der Waals surface area contributed by atoms with Gasteiger partial charge in [0.25, 0.3) is 0 Å². The van der Waals surface area contributed by atoms with Crippen LogP contribution in [0.5, 0.6) is 5.75 Å². The molecular weight excluding hydrogens is 392 g/mol. The van der Waals surface area contributed by atoms with E-state index in [9.17, 15) is 4.79 Å². The number of nitrogens with one attached hydrogen (secondary N) is 1. The van der Waals surface area contributed by atoms with Gasteiger partial charge >= 0.3 is 0 Å². The van der Waals surface area contributed by atoms with Crippen molar-refractivity contribution >= 4 is 22.8 Å². The van der Waals surface area contributed by atoms with Crippen molar-refractivity contribution in [2.75, 3.05) is 31.6 Å². The summed E-state index contributed by atoms with van der Waals surface area (Å²) in [6.45, 7) is 3.15. The molecule has 8 heteroatoms. The van der Waals surface area contributed by atoms with E-state index in [1.165, 1.54) is 25.7 Å². The summed E-state index contributed by atoms with van der Waals surface area (Å²) in [5.41, 5.74) is 1.94. The van der Waals surface area contributed by atoms with Crippen molar-refractivity contribution in [3.05, 3.63) is 42.4 Å². The number of nitrogens with zero attached hydrogens (tertiary/aromatic N) is 5. The van der Waals surface area contributed by atoms with Crippen LogP contribution in [0.15, 0.2) is 36.8 Å². The van der Waals surface area contributed by atoms with E-state index in [1.807, 2.05) is 35.1 Å². The molecule has 164 valence electrons. The Morgan fingerprint density at radius 3 is 2.61 bits per heavy atom. The lowest BCUT2D eigenvalue weighted by molar-refractivity contribution is -0.121. The second-order valence-electron chi connectivity index (χ2n) is 7.90. The molecule has 1 fully saturated rings. The van der Waals surface area contributed by atoms with Crippen molar-refractivity contribution in [1.82, 2.24) is 25.1 Å². The second-order valence-corrected chi connectivity index (χ2v) is 7.90. The third-order valence-corrected chi connectivity index (χ3v) is 5.76. The highest BCUT2D eigenvalue weighted by atomic mass is 16.5. The van der Waals surface area contributed by atoms with Crippen LogP contribution in [0.4, 0.5) is 5.82 Å². The third kappa shape index (κ3) is 5.31. The molecule has 0 spiro atoms. The molecular formula is C23H30N6O2.